The van der Waals surface area contributed by atoms with E-state index in [0.29, 0.717) is 48.8 Å². The first-order chi connectivity index (χ1) is 25.7. The molecular formula is C48H61NO5. The number of fused-ring (bicyclic) bond motifs is 3. The number of allylic oxidation sites excluding steroid dienone is 4. The fourth-order valence-corrected chi connectivity index (χ4v) is 14.5. The lowest BCUT2D eigenvalue weighted by atomic mass is 9.32. The third-order valence-corrected chi connectivity index (χ3v) is 17.6. The number of hydrogen-bond donors (Lipinski definition) is 2. The Morgan fingerprint density at radius 1 is 0.852 bits per heavy atom. The van der Waals surface area contributed by atoms with E-state index in [-0.39, 0.29) is 35.7 Å². The summed E-state index contributed by atoms with van der Waals surface area (Å²) in [4.78, 5) is 31.2. The zero-order valence-electron chi connectivity index (χ0n) is 33.2. The molecule has 4 bridgehead atoms. The van der Waals surface area contributed by atoms with E-state index in [1.165, 1.54) is 12.8 Å². The van der Waals surface area contributed by atoms with Crippen LogP contribution in [0.4, 0.5) is 4.79 Å². The monoisotopic (exact) mass is 731 g/mol. The van der Waals surface area contributed by atoms with Crippen LogP contribution < -0.4 is 0 Å². The van der Waals surface area contributed by atoms with E-state index in [2.05, 4.69) is 64.1 Å². The van der Waals surface area contributed by atoms with Crippen molar-refractivity contribution in [1.29, 1.82) is 0 Å². The van der Waals surface area contributed by atoms with Crippen LogP contribution in [0.25, 0.3) is 11.1 Å². The Balaban J connectivity index is 1.12. The Morgan fingerprint density at radius 3 is 2.30 bits per heavy atom. The molecule has 0 aliphatic heterocycles. The molecule has 6 nitrogen and oxygen atoms in total. The fourth-order valence-electron chi connectivity index (χ4n) is 14.5. The molecule has 6 fully saturated rings. The van der Waals surface area contributed by atoms with Gasteiger partial charge in [0.25, 0.3) is 0 Å². The summed E-state index contributed by atoms with van der Waals surface area (Å²) in [6.45, 7) is 12.6. The smallest absolute Gasteiger partial charge is 0.409 e. The van der Waals surface area contributed by atoms with E-state index in [1.54, 1.807) is 0 Å². The van der Waals surface area contributed by atoms with Gasteiger partial charge in [0.1, 0.15) is 0 Å². The molecule has 2 aromatic carbocycles. The number of aliphatic hydroxyl groups is 2. The highest BCUT2D eigenvalue weighted by Crippen LogP contribution is 2.78. The fraction of sp³-hybridized carbons (Fsp3) is 0.625. The van der Waals surface area contributed by atoms with Crippen LogP contribution >= 0.6 is 0 Å². The van der Waals surface area contributed by atoms with Crippen molar-refractivity contribution in [3.8, 4) is 11.1 Å². The molecule has 11 rings (SSSR count). The van der Waals surface area contributed by atoms with Crippen molar-refractivity contribution in [1.82, 2.24) is 4.90 Å². The summed E-state index contributed by atoms with van der Waals surface area (Å²) in [5.41, 5.74) is 1.07. The summed E-state index contributed by atoms with van der Waals surface area (Å²) < 4.78 is 5.72. The van der Waals surface area contributed by atoms with E-state index < -0.39 is 27.9 Å². The van der Waals surface area contributed by atoms with Gasteiger partial charge in [0, 0.05) is 33.9 Å². The second kappa shape index (κ2) is 12.4. The number of carbonyl (C=O) groups excluding carboxylic acids is 2. The standard InChI is InChI=1S/C48H61NO5/c1-6-54-42(52)49(29-32-16-17-33-26-37(32)43(33,2)3)30-47(53)23-20-40-45(47,5)22-19-39-44(4)21-18-34(50)27-46(44)24-25-48(39,40)38(28-46)41(51)36-15-11-10-14-35(36)31-12-8-7-9-13-31/h7-15,24-25,28,32-34,37,39-40,50,53H,6,16-23,26-27,29-30H2,1-5H3. The molecular weight excluding hydrogens is 671 g/mol. The van der Waals surface area contributed by atoms with Crippen LogP contribution in [0.3, 0.4) is 0 Å². The molecule has 2 N–H and O–H groups in total. The molecule has 2 spiro atoms. The lowest BCUT2D eigenvalue weighted by Crippen LogP contribution is -2.67. The normalized spacial score (nSPS) is 42.2. The predicted octanol–water partition coefficient (Wildman–Crippen LogP) is 9.66. The second-order valence-electron chi connectivity index (χ2n) is 19.8. The van der Waals surface area contributed by atoms with Gasteiger partial charge in [-0.25, -0.2) is 4.79 Å². The third kappa shape index (κ3) is 4.83. The van der Waals surface area contributed by atoms with E-state index in [0.717, 1.165) is 61.1 Å². The van der Waals surface area contributed by atoms with E-state index >= 15 is 4.79 Å². The van der Waals surface area contributed by atoms with Crippen molar-refractivity contribution < 1.29 is 24.5 Å². The molecule has 0 heterocycles. The molecule has 2 aromatic rings. The second-order valence-corrected chi connectivity index (χ2v) is 19.8. The summed E-state index contributed by atoms with van der Waals surface area (Å²) in [5.74, 6) is 2.05. The Morgan fingerprint density at radius 2 is 1.56 bits per heavy atom. The molecule has 6 heteroatoms. The number of nitrogens with zero attached hydrogens (tertiary/aromatic N) is 1. The van der Waals surface area contributed by atoms with Crippen LogP contribution in [-0.2, 0) is 4.74 Å². The number of rotatable bonds is 8. The number of benzene rings is 2. The average Bonchev–Trinajstić information content (AvgIpc) is 3.44. The van der Waals surface area contributed by atoms with Crippen molar-refractivity contribution >= 4 is 11.9 Å². The maximum atomic E-state index is 15.5. The van der Waals surface area contributed by atoms with Gasteiger partial charge in [0.05, 0.1) is 24.9 Å². The van der Waals surface area contributed by atoms with Gasteiger partial charge in [-0.15, -0.1) is 0 Å². The summed E-state index contributed by atoms with van der Waals surface area (Å²) in [5, 5.41) is 24.4. The van der Waals surface area contributed by atoms with Gasteiger partial charge >= 0.3 is 6.09 Å². The van der Waals surface area contributed by atoms with Crippen LogP contribution in [0.2, 0.25) is 0 Å². The first kappa shape index (κ1) is 36.4. The number of Topliss-reactive ketones (excluding diaryl/α,β-unsaturated/α-hetero) is 1. The quantitative estimate of drug-likeness (QED) is 0.209. The Bertz CT molecular complexity index is 1900. The number of amides is 1. The van der Waals surface area contributed by atoms with E-state index in [9.17, 15) is 15.0 Å². The number of carbonyl (C=O) groups is 2. The molecule has 11 atom stereocenters. The van der Waals surface area contributed by atoms with E-state index in [4.69, 9.17) is 4.74 Å². The van der Waals surface area contributed by atoms with Crippen LogP contribution in [-0.4, -0.2) is 58.4 Å². The van der Waals surface area contributed by atoms with Crippen molar-refractivity contribution in [2.45, 2.75) is 111 Å². The van der Waals surface area contributed by atoms with Crippen molar-refractivity contribution in [2.75, 3.05) is 19.7 Å². The Labute approximate surface area is 322 Å². The van der Waals surface area contributed by atoms with Gasteiger partial charge < -0.3 is 19.8 Å². The molecule has 11 unspecified atom stereocenters. The first-order valence-electron chi connectivity index (χ1n) is 21.2. The molecule has 54 heavy (non-hydrogen) atoms. The van der Waals surface area contributed by atoms with Crippen LogP contribution in [0.15, 0.2) is 78.4 Å². The van der Waals surface area contributed by atoms with E-state index in [1.807, 2.05) is 48.2 Å². The summed E-state index contributed by atoms with van der Waals surface area (Å²) in [6.07, 6.45) is 15.3. The molecule has 0 saturated heterocycles. The summed E-state index contributed by atoms with van der Waals surface area (Å²) in [7, 11) is 0. The highest BCUT2D eigenvalue weighted by Gasteiger charge is 2.74. The molecule has 9 aliphatic carbocycles. The SMILES string of the molecule is CCOC(=O)N(CC1CCC2CC1C2(C)C)CC1(O)CCC2C34C=CC5(C=C3C(=O)c3ccccc3-c3ccccc3)CC(O)CCC5(C)C4CCC21C. The lowest BCUT2D eigenvalue weighted by Gasteiger charge is -2.71. The Kier molecular flexibility index (Phi) is 8.36. The Hall–Kier alpha value is -3.22. The average molecular weight is 732 g/mol. The number of hydrogen-bond acceptors (Lipinski definition) is 5. The lowest BCUT2D eigenvalue weighted by molar-refractivity contribution is -0.176. The maximum Gasteiger partial charge on any atom is 0.409 e. The molecule has 1 amide bonds. The molecule has 6 saturated carbocycles. The van der Waals surface area contributed by atoms with Crippen LogP contribution in [0, 0.1) is 56.7 Å². The molecule has 0 aromatic heterocycles. The third-order valence-electron chi connectivity index (χ3n) is 17.6. The first-order valence-corrected chi connectivity index (χ1v) is 21.2. The van der Waals surface area contributed by atoms with Crippen molar-refractivity contribution in [3.63, 3.8) is 0 Å². The van der Waals surface area contributed by atoms with Crippen molar-refractivity contribution in [3.05, 3.63) is 84.0 Å². The van der Waals surface area contributed by atoms with Gasteiger partial charge in [-0.2, -0.15) is 0 Å². The minimum Gasteiger partial charge on any atom is -0.450 e. The number of aliphatic hydroxyl groups excluding tert-OH is 1. The predicted molar refractivity (Wildman–Crippen MR) is 211 cm³/mol. The highest BCUT2D eigenvalue weighted by molar-refractivity contribution is 6.14. The number of ether oxygens (including phenoxy) is 1. The minimum absolute atomic E-state index is 0.0103. The highest BCUT2D eigenvalue weighted by atomic mass is 16.6. The minimum atomic E-state index is -1.13. The zero-order chi connectivity index (χ0) is 37.9. The molecule has 9 aliphatic rings. The van der Waals surface area contributed by atoms with Gasteiger partial charge in [-0.1, -0.05) is 101 Å². The summed E-state index contributed by atoms with van der Waals surface area (Å²) in [6, 6.07) is 18.2. The van der Waals surface area contributed by atoms with Gasteiger partial charge in [-0.3, -0.25) is 4.79 Å². The molecule has 288 valence electrons. The molecule has 0 radical (unpaired) electrons. The summed E-state index contributed by atoms with van der Waals surface area (Å²) >= 11 is 0. The topological polar surface area (TPSA) is 87.1 Å². The largest absolute Gasteiger partial charge is 0.450 e. The van der Waals surface area contributed by atoms with Gasteiger partial charge in [-0.05, 0) is 123 Å². The maximum absolute atomic E-state index is 15.5. The van der Waals surface area contributed by atoms with Gasteiger partial charge in [0.2, 0.25) is 0 Å². The van der Waals surface area contributed by atoms with Crippen molar-refractivity contribution in [2.24, 2.45) is 56.7 Å². The van der Waals surface area contributed by atoms with Crippen LogP contribution in [0.1, 0.15) is 109 Å². The zero-order valence-corrected chi connectivity index (χ0v) is 33.2. The number of ketones is 1. The van der Waals surface area contributed by atoms with Crippen LogP contribution in [0.5, 0.6) is 0 Å². The van der Waals surface area contributed by atoms with Gasteiger partial charge in [0.15, 0.2) is 5.78 Å².